The van der Waals surface area contributed by atoms with E-state index in [1.54, 1.807) is 0 Å². The minimum absolute atomic E-state index is 0.0543. The van der Waals surface area contributed by atoms with Crippen LogP contribution in [0.15, 0.2) is 18.2 Å². The number of carboxylic acids is 1. The monoisotopic (exact) mass is 342 g/mol. The van der Waals surface area contributed by atoms with Gasteiger partial charge in [0.15, 0.2) is 0 Å². The number of esters is 1. The predicted octanol–water partition coefficient (Wildman–Crippen LogP) is 0.102. The third-order valence-corrected chi connectivity index (χ3v) is 3.02. The molecule has 0 aliphatic heterocycles. The summed E-state index contributed by atoms with van der Waals surface area (Å²) in [5, 5.41) is 26.3. The zero-order valence-corrected chi connectivity index (χ0v) is 13.3. The Bertz CT molecular complexity index is 529. The maximum absolute atomic E-state index is 11.9. The molecule has 0 radical (unpaired) electrons. The van der Waals surface area contributed by atoms with E-state index in [-0.39, 0.29) is 44.2 Å². The van der Waals surface area contributed by atoms with E-state index in [4.69, 9.17) is 29.5 Å². The minimum Gasteiger partial charge on any atom is -0.478 e. The zero-order valence-electron chi connectivity index (χ0n) is 13.3. The Morgan fingerprint density at radius 3 is 2.21 bits per heavy atom. The van der Waals surface area contributed by atoms with E-state index in [9.17, 15) is 9.59 Å². The Morgan fingerprint density at radius 2 is 1.58 bits per heavy atom. The van der Waals surface area contributed by atoms with Crippen LogP contribution in [0.2, 0.25) is 0 Å². The third kappa shape index (κ3) is 7.05. The molecule has 0 saturated carbocycles. The van der Waals surface area contributed by atoms with Gasteiger partial charge >= 0.3 is 11.9 Å². The number of carboxylic acid groups (broad SMARTS) is 1. The topological polar surface area (TPSA) is 123 Å². The number of ether oxygens (including phenoxy) is 3. The highest BCUT2D eigenvalue weighted by Gasteiger charge is 2.15. The van der Waals surface area contributed by atoms with E-state index in [1.807, 2.05) is 0 Å². The van der Waals surface area contributed by atoms with E-state index in [0.717, 1.165) is 0 Å². The highest BCUT2D eigenvalue weighted by Crippen LogP contribution is 2.15. The summed E-state index contributed by atoms with van der Waals surface area (Å²) in [4.78, 5) is 23.0. The number of carbonyl (C=O) groups excluding carboxylic acids is 1. The van der Waals surface area contributed by atoms with Gasteiger partial charge in [0.1, 0.15) is 6.61 Å². The van der Waals surface area contributed by atoms with Gasteiger partial charge in [-0.1, -0.05) is 0 Å². The van der Waals surface area contributed by atoms with Crippen molar-refractivity contribution in [2.24, 2.45) is 0 Å². The molecule has 1 aromatic carbocycles. The van der Waals surface area contributed by atoms with Crippen LogP contribution in [0.4, 0.5) is 0 Å². The summed E-state index contributed by atoms with van der Waals surface area (Å²) in [7, 11) is 0. The van der Waals surface area contributed by atoms with Crippen LogP contribution in [0.3, 0.4) is 0 Å². The van der Waals surface area contributed by atoms with Crippen molar-refractivity contribution in [3.8, 4) is 0 Å². The van der Waals surface area contributed by atoms with Gasteiger partial charge in [0.2, 0.25) is 0 Å². The zero-order chi connectivity index (χ0) is 17.8. The van der Waals surface area contributed by atoms with Crippen LogP contribution in [0.5, 0.6) is 0 Å². The standard InChI is InChI=1S/C16H22O8/c17-4-7-23-10-9-22-6-3-12-11-13(15(19)20)1-2-14(12)16(21)24-8-5-18/h1-2,11,17-18H,3-10H2,(H,19,20). The van der Waals surface area contributed by atoms with E-state index in [0.29, 0.717) is 25.2 Å². The number of rotatable bonds is 12. The highest BCUT2D eigenvalue weighted by atomic mass is 16.5. The van der Waals surface area contributed by atoms with Gasteiger partial charge in [0.25, 0.3) is 0 Å². The van der Waals surface area contributed by atoms with Gasteiger partial charge in [-0.25, -0.2) is 9.59 Å². The van der Waals surface area contributed by atoms with Crippen molar-refractivity contribution in [3.63, 3.8) is 0 Å². The number of hydrogen-bond donors (Lipinski definition) is 3. The number of benzene rings is 1. The number of aromatic carboxylic acids is 1. The summed E-state index contributed by atoms with van der Waals surface area (Å²) in [5.74, 6) is -1.72. The van der Waals surface area contributed by atoms with Gasteiger partial charge in [-0.3, -0.25) is 0 Å². The predicted molar refractivity (Wildman–Crippen MR) is 83.2 cm³/mol. The number of carbonyl (C=O) groups is 2. The summed E-state index contributed by atoms with van der Waals surface area (Å²) in [6.45, 7) is 0.699. The third-order valence-electron chi connectivity index (χ3n) is 3.02. The van der Waals surface area contributed by atoms with Gasteiger partial charge in [-0.2, -0.15) is 0 Å². The maximum Gasteiger partial charge on any atom is 0.338 e. The number of aliphatic hydroxyl groups excluding tert-OH is 2. The minimum atomic E-state index is -1.09. The van der Waals surface area contributed by atoms with Crippen molar-refractivity contribution in [1.82, 2.24) is 0 Å². The Hall–Kier alpha value is -2.00. The van der Waals surface area contributed by atoms with Crippen LogP contribution < -0.4 is 0 Å². The second kappa shape index (κ2) is 11.5. The molecular formula is C16H22O8. The lowest BCUT2D eigenvalue weighted by molar-refractivity contribution is 0.0337. The molecule has 24 heavy (non-hydrogen) atoms. The van der Waals surface area contributed by atoms with E-state index < -0.39 is 11.9 Å². The summed E-state index contributed by atoms with van der Waals surface area (Å²) in [6, 6.07) is 4.12. The molecule has 0 aliphatic carbocycles. The van der Waals surface area contributed by atoms with Crippen molar-refractivity contribution in [2.45, 2.75) is 6.42 Å². The van der Waals surface area contributed by atoms with Crippen molar-refractivity contribution in [2.75, 3.05) is 46.2 Å². The van der Waals surface area contributed by atoms with E-state index >= 15 is 0 Å². The number of hydrogen-bond acceptors (Lipinski definition) is 7. The smallest absolute Gasteiger partial charge is 0.338 e. The lowest BCUT2D eigenvalue weighted by atomic mass is 10.0. The van der Waals surface area contributed by atoms with Crippen LogP contribution in [-0.4, -0.2) is 73.5 Å². The molecule has 8 heteroatoms. The molecule has 0 fully saturated rings. The summed E-state index contributed by atoms with van der Waals surface area (Å²) < 4.78 is 15.3. The maximum atomic E-state index is 11.9. The summed E-state index contributed by atoms with van der Waals surface area (Å²) in [5.41, 5.74) is 0.803. The fourth-order valence-corrected chi connectivity index (χ4v) is 1.92. The quantitative estimate of drug-likeness (QED) is 0.361. The van der Waals surface area contributed by atoms with Gasteiger partial charge in [-0.15, -0.1) is 0 Å². The first-order valence-corrected chi connectivity index (χ1v) is 7.50. The molecule has 8 nitrogen and oxygen atoms in total. The molecular weight excluding hydrogens is 320 g/mol. The van der Waals surface area contributed by atoms with Crippen molar-refractivity contribution < 1.29 is 39.1 Å². The fraction of sp³-hybridized carbons (Fsp3) is 0.500. The summed E-state index contributed by atoms with van der Waals surface area (Å²) >= 11 is 0. The van der Waals surface area contributed by atoms with Gasteiger partial charge in [-0.05, 0) is 30.2 Å². The molecule has 134 valence electrons. The van der Waals surface area contributed by atoms with Crippen LogP contribution in [0.25, 0.3) is 0 Å². The fourth-order valence-electron chi connectivity index (χ4n) is 1.92. The van der Waals surface area contributed by atoms with Crippen LogP contribution in [0, 0.1) is 0 Å². The Balaban J connectivity index is 2.65. The largest absolute Gasteiger partial charge is 0.478 e. The average molecular weight is 342 g/mol. The lowest BCUT2D eigenvalue weighted by Gasteiger charge is -2.11. The highest BCUT2D eigenvalue weighted by molar-refractivity contribution is 5.94. The van der Waals surface area contributed by atoms with Gasteiger partial charge in [0.05, 0.1) is 50.8 Å². The van der Waals surface area contributed by atoms with Crippen molar-refractivity contribution in [3.05, 3.63) is 34.9 Å². The second-order valence-corrected chi connectivity index (χ2v) is 4.73. The van der Waals surface area contributed by atoms with Crippen LogP contribution in [0.1, 0.15) is 26.3 Å². The van der Waals surface area contributed by atoms with E-state index in [2.05, 4.69) is 0 Å². The summed E-state index contributed by atoms with van der Waals surface area (Å²) in [6.07, 6.45) is 0.324. The molecule has 0 amide bonds. The Labute approximate surface area is 139 Å². The number of aliphatic hydroxyl groups is 2. The Morgan fingerprint density at radius 1 is 0.917 bits per heavy atom. The van der Waals surface area contributed by atoms with Crippen molar-refractivity contribution >= 4 is 11.9 Å². The van der Waals surface area contributed by atoms with Crippen molar-refractivity contribution in [1.29, 1.82) is 0 Å². The molecule has 1 rings (SSSR count). The van der Waals surface area contributed by atoms with Crippen LogP contribution >= 0.6 is 0 Å². The molecule has 0 aliphatic rings. The van der Waals surface area contributed by atoms with Gasteiger partial charge < -0.3 is 29.5 Å². The molecule has 0 atom stereocenters. The molecule has 0 saturated heterocycles. The Kier molecular flexibility index (Phi) is 9.62. The lowest BCUT2D eigenvalue weighted by Crippen LogP contribution is -2.14. The molecule has 0 spiro atoms. The normalized spacial score (nSPS) is 10.6. The molecule has 0 heterocycles. The van der Waals surface area contributed by atoms with Crippen LogP contribution in [-0.2, 0) is 20.6 Å². The van der Waals surface area contributed by atoms with E-state index in [1.165, 1.54) is 18.2 Å². The molecule has 1 aromatic rings. The first kappa shape index (κ1) is 20.0. The average Bonchev–Trinajstić information content (AvgIpc) is 2.58. The van der Waals surface area contributed by atoms with Gasteiger partial charge in [0, 0.05) is 0 Å². The SMILES string of the molecule is O=C(O)c1ccc(C(=O)OCCO)c(CCOCCOCCO)c1. The first-order chi connectivity index (χ1) is 11.6. The molecule has 0 unspecified atom stereocenters. The molecule has 3 N–H and O–H groups in total. The molecule has 0 bridgehead atoms. The second-order valence-electron chi connectivity index (χ2n) is 4.73. The first-order valence-electron chi connectivity index (χ1n) is 7.50. The molecule has 0 aromatic heterocycles.